The minimum Gasteiger partial charge on any atom is -0.325 e. The van der Waals surface area contributed by atoms with Gasteiger partial charge >= 0.3 is 0 Å². The first-order chi connectivity index (χ1) is 15.6. The van der Waals surface area contributed by atoms with Crippen molar-refractivity contribution in [3.05, 3.63) is 35.9 Å². The van der Waals surface area contributed by atoms with Crippen molar-refractivity contribution >= 4 is 0 Å². The first-order valence-corrected chi connectivity index (χ1v) is 14.0. The van der Waals surface area contributed by atoms with Gasteiger partial charge < -0.3 is 11.5 Å². The molecule has 0 radical (unpaired) electrons. The van der Waals surface area contributed by atoms with Gasteiger partial charge in [-0.3, -0.25) is 5.32 Å². The molecule has 0 saturated carbocycles. The van der Waals surface area contributed by atoms with Gasteiger partial charge in [-0.25, -0.2) is 0 Å². The third-order valence-electron chi connectivity index (χ3n) is 6.92. The Morgan fingerprint density at radius 1 is 0.688 bits per heavy atom. The lowest BCUT2D eigenvalue weighted by atomic mass is 9.91. The second-order valence-corrected chi connectivity index (χ2v) is 9.97. The van der Waals surface area contributed by atoms with Crippen LogP contribution in [0.15, 0.2) is 30.3 Å². The van der Waals surface area contributed by atoms with Crippen molar-refractivity contribution in [2.24, 2.45) is 11.5 Å². The molecule has 0 aliphatic heterocycles. The highest BCUT2D eigenvalue weighted by Crippen LogP contribution is 2.19. The quantitative estimate of drug-likeness (QED) is 0.126. The topological polar surface area (TPSA) is 64.1 Å². The maximum atomic E-state index is 6.79. The minimum absolute atomic E-state index is 0.00265. The van der Waals surface area contributed by atoms with E-state index in [4.69, 9.17) is 11.5 Å². The number of hydrogen-bond donors (Lipinski definition) is 3. The summed E-state index contributed by atoms with van der Waals surface area (Å²) in [4.78, 5) is 0. The van der Waals surface area contributed by atoms with Gasteiger partial charge in [0.1, 0.15) is 0 Å². The third-order valence-corrected chi connectivity index (χ3v) is 6.92. The molecule has 1 rings (SSSR count). The summed E-state index contributed by atoms with van der Waals surface area (Å²) in [6.07, 6.45) is 23.8. The van der Waals surface area contributed by atoms with E-state index in [1.54, 1.807) is 0 Å². The minimum atomic E-state index is -0.470. The molecule has 3 nitrogen and oxygen atoms in total. The Kier molecular flexibility index (Phi) is 17.8. The molecule has 5 N–H and O–H groups in total. The van der Waals surface area contributed by atoms with Crippen LogP contribution in [0, 0.1) is 0 Å². The van der Waals surface area contributed by atoms with Crippen molar-refractivity contribution in [2.75, 3.05) is 0 Å². The number of rotatable bonds is 22. The Hall–Kier alpha value is -0.900. The molecule has 3 heteroatoms. The number of unbranched alkanes of at least 4 members (excludes halogenated alkanes) is 14. The summed E-state index contributed by atoms with van der Waals surface area (Å²) in [6, 6.07) is 10.5. The van der Waals surface area contributed by atoms with Crippen LogP contribution >= 0.6 is 0 Å². The van der Waals surface area contributed by atoms with Crippen molar-refractivity contribution in [1.82, 2.24) is 5.32 Å². The van der Waals surface area contributed by atoms with Gasteiger partial charge in [0.05, 0.1) is 5.66 Å². The molecule has 0 aliphatic carbocycles. The molecule has 1 aromatic rings. The van der Waals surface area contributed by atoms with E-state index in [-0.39, 0.29) is 6.04 Å². The Morgan fingerprint density at radius 2 is 1.16 bits per heavy atom. The van der Waals surface area contributed by atoms with E-state index in [1.807, 2.05) is 0 Å². The van der Waals surface area contributed by atoms with Crippen LogP contribution in [0.2, 0.25) is 0 Å². The van der Waals surface area contributed by atoms with Crippen molar-refractivity contribution in [3.8, 4) is 0 Å². The molecule has 0 saturated heterocycles. The van der Waals surface area contributed by atoms with Crippen LogP contribution in [-0.2, 0) is 6.54 Å². The number of nitrogens with one attached hydrogen (secondary N) is 1. The summed E-state index contributed by atoms with van der Waals surface area (Å²) < 4.78 is 0. The predicted octanol–water partition coefficient (Wildman–Crippen LogP) is 7.82. The summed E-state index contributed by atoms with van der Waals surface area (Å²) in [6.45, 7) is 5.26. The second kappa shape index (κ2) is 19.6. The standard InChI is InChI=1S/C29H55N3/c1-3-5-6-7-8-9-10-11-12-13-14-15-16-17-21-25-29(31,28(30)22-4-2)32-26-27-23-19-18-20-24-27/h18-20,23-24,28,32H,3-17,21-22,25-26,30-31H2,1-2H3. The van der Waals surface area contributed by atoms with Gasteiger partial charge in [-0.05, 0) is 18.4 Å². The highest BCUT2D eigenvalue weighted by molar-refractivity contribution is 5.15. The van der Waals surface area contributed by atoms with E-state index >= 15 is 0 Å². The van der Waals surface area contributed by atoms with Gasteiger partial charge in [-0.2, -0.15) is 0 Å². The molecule has 1 aromatic carbocycles. The van der Waals surface area contributed by atoms with E-state index < -0.39 is 5.66 Å². The van der Waals surface area contributed by atoms with Crippen molar-refractivity contribution in [1.29, 1.82) is 0 Å². The van der Waals surface area contributed by atoms with Gasteiger partial charge in [0, 0.05) is 12.6 Å². The van der Waals surface area contributed by atoms with Crippen molar-refractivity contribution in [2.45, 2.75) is 148 Å². The maximum Gasteiger partial charge on any atom is 0.0820 e. The molecule has 0 spiro atoms. The fraction of sp³-hybridized carbons (Fsp3) is 0.793. The fourth-order valence-electron chi connectivity index (χ4n) is 4.62. The molecule has 2 atom stereocenters. The van der Waals surface area contributed by atoms with Crippen LogP contribution in [0.1, 0.15) is 135 Å². The number of benzene rings is 1. The highest BCUT2D eigenvalue weighted by Gasteiger charge is 2.30. The van der Waals surface area contributed by atoms with E-state index in [0.29, 0.717) is 0 Å². The second-order valence-electron chi connectivity index (χ2n) is 9.97. The smallest absolute Gasteiger partial charge is 0.0820 e. The zero-order valence-corrected chi connectivity index (χ0v) is 21.6. The maximum absolute atomic E-state index is 6.79. The van der Waals surface area contributed by atoms with Crippen molar-refractivity contribution < 1.29 is 0 Å². The molecule has 0 fully saturated rings. The van der Waals surface area contributed by atoms with Crippen molar-refractivity contribution in [3.63, 3.8) is 0 Å². The molecule has 0 aliphatic rings. The Morgan fingerprint density at radius 3 is 1.62 bits per heavy atom. The van der Waals surface area contributed by atoms with Crippen LogP contribution in [-0.4, -0.2) is 11.7 Å². The SMILES string of the molecule is CCCCCCCCCCCCCCCCCC(N)(NCc1ccccc1)C(N)CCC. The van der Waals surface area contributed by atoms with Crippen LogP contribution in [0.25, 0.3) is 0 Å². The van der Waals surface area contributed by atoms with E-state index in [1.165, 1.54) is 95.5 Å². The van der Waals surface area contributed by atoms with Crippen LogP contribution in [0.4, 0.5) is 0 Å². The predicted molar refractivity (Wildman–Crippen MR) is 143 cm³/mol. The lowest BCUT2D eigenvalue weighted by Crippen LogP contribution is -2.64. The normalized spacial score (nSPS) is 14.4. The Balaban J connectivity index is 2.09. The molecule has 0 bridgehead atoms. The molecular formula is C29H55N3. The zero-order valence-electron chi connectivity index (χ0n) is 21.6. The highest BCUT2D eigenvalue weighted by atomic mass is 15.1. The molecule has 0 amide bonds. The molecule has 0 aromatic heterocycles. The molecular weight excluding hydrogens is 390 g/mol. The lowest BCUT2D eigenvalue weighted by molar-refractivity contribution is 0.234. The first-order valence-electron chi connectivity index (χ1n) is 14.0. The summed E-state index contributed by atoms with van der Waals surface area (Å²) >= 11 is 0. The van der Waals surface area contributed by atoms with E-state index in [0.717, 1.165) is 32.2 Å². The Bertz CT molecular complexity index is 518. The number of nitrogens with two attached hydrogens (primary N) is 2. The molecule has 0 heterocycles. The largest absolute Gasteiger partial charge is 0.325 e. The Labute approximate surface area is 200 Å². The van der Waals surface area contributed by atoms with Gasteiger partial charge in [0.15, 0.2) is 0 Å². The lowest BCUT2D eigenvalue weighted by Gasteiger charge is -2.37. The zero-order chi connectivity index (χ0) is 23.3. The third kappa shape index (κ3) is 14.3. The average Bonchev–Trinajstić information content (AvgIpc) is 2.81. The van der Waals surface area contributed by atoms with Gasteiger partial charge in [0.2, 0.25) is 0 Å². The summed E-state index contributed by atoms with van der Waals surface area (Å²) in [5, 5.41) is 3.60. The van der Waals surface area contributed by atoms with Crippen LogP contribution < -0.4 is 16.8 Å². The fourth-order valence-corrected chi connectivity index (χ4v) is 4.62. The van der Waals surface area contributed by atoms with Crippen LogP contribution in [0.3, 0.4) is 0 Å². The average molecular weight is 446 g/mol. The first kappa shape index (κ1) is 29.1. The summed E-state index contributed by atoms with van der Waals surface area (Å²) in [7, 11) is 0. The summed E-state index contributed by atoms with van der Waals surface area (Å²) in [5.74, 6) is 0. The van der Waals surface area contributed by atoms with Crippen LogP contribution in [0.5, 0.6) is 0 Å². The van der Waals surface area contributed by atoms with E-state index in [9.17, 15) is 0 Å². The molecule has 32 heavy (non-hydrogen) atoms. The van der Waals surface area contributed by atoms with Gasteiger partial charge in [-0.15, -0.1) is 0 Å². The van der Waals surface area contributed by atoms with E-state index in [2.05, 4.69) is 49.5 Å². The molecule has 2 unspecified atom stereocenters. The van der Waals surface area contributed by atoms with Gasteiger partial charge in [0.25, 0.3) is 0 Å². The van der Waals surface area contributed by atoms with Gasteiger partial charge in [-0.1, -0.05) is 147 Å². The monoisotopic (exact) mass is 445 g/mol. The molecule has 186 valence electrons. The number of hydrogen-bond acceptors (Lipinski definition) is 3. The summed E-state index contributed by atoms with van der Waals surface area (Å²) in [5.41, 5.74) is 14.1.